The zero-order valence-corrected chi connectivity index (χ0v) is 16.5. The van der Waals surface area contributed by atoms with E-state index in [0.717, 1.165) is 5.82 Å². The fourth-order valence-electron chi connectivity index (χ4n) is 3.54. The molecule has 3 heterocycles. The van der Waals surface area contributed by atoms with Crippen LogP contribution in [0.15, 0.2) is 41.3 Å². The highest BCUT2D eigenvalue weighted by molar-refractivity contribution is 5.83. The number of carbonyl (C=O) groups is 1. The van der Waals surface area contributed by atoms with Crippen molar-refractivity contribution in [3.8, 4) is 11.8 Å². The molecule has 1 aliphatic rings. The topological polar surface area (TPSA) is 146 Å². The van der Waals surface area contributed by atoms with Gasteiger partial charge in [-0.15, -0.1) is 0 Å². The van der Waals surface area contributed by atoms with Crippen molar-refractivity contribution in [1.82, 2.24) is 19.9 Å². The summed E-state index contributed by atoms with van der Waals surface area (Å²) < 4.78 is 0. The highest BCUT2D eigenvalue weighted by atomic mass is 16.3. The Labute approximate surface area is 177 Å². The van der Waals surface area contributed by atoms with Gasteiger partial charge in [0, 0.05) is 32.4 Å². The Morgan fingerprint density at radius 1 is 1.23 bits per heavy atom. The monoisotopic (exact) mass is 420 g/mol. The number of amides is 1. The average molecular weight is 420 g/mol. The lowest BCUT2D eigenvalue weighted by Gasteiger charge is -2.35. The number of nitrogens with zero attached hydrogens (tertiary/aromatic N) is 5. The molecule has 1 aliphatic heterocycles. The van der Waals surface area contributed by atoms with Gasteiger partial charge < -0.3 is 25.0 Å². The van der Waals surface area contributed by atoms with Gasteiger partial charge in [-0.05, 0) is 24.3 Å². The quantitative estimate of drug-likeness (QED) is 0.558. The molecule has 1 atom stereocenters. The van der Waals surface area contributed by atoms with Crippen molar-refractivity contribution in [3.63, 3.8) is 0 Å². The van der Waals surface area contributed by atoms with Gasteiger partial charge in [-0.25, -0.2) is 9.97 Å². The number of carbonyl (C=O) groups excluding carboxylic acids is 1. The van der Waals surface area contributed by atoms with Crippen molar-refractivity contribution in [1.29, 1.82) is 5.26 Å². The van der Waals surface area contributed by atoms with E-state index in [1.165, 1.54) is 24.4 Å². The van der Waals surface area contributed by atoms with Gasteiger partial charge in [0.2, 0.25) is 5.91 Å². The van der Waals surface area contributed by atoms with Crippen LogP contribution in [-0.4, -0.2) is 62.2 Å². The maximum atomic E-state index is 12.7. The van der Waals surface area contributed by atoms with E-state index in [-0.39, 0.29) is 34.8 Å². The van der Waals surface area contributed by atoms with E-state index in [1.54, 1.807) is 17.0 Å². The highest BCUT2D eigenvalue weighted by Gasteiger charge is 2.25. The third kappa shape index (κ3) is 4.17. The van der Waals surface area contributed by atoms with Crippen LogP contribution in [0.25, 0.3) is 10.9 Å². The van der Waals surface area contributed by atoms with Gasteiger partial charge in [0.05, 0.1) is 17.4 Å². The molecule has 158 valence electrons. The zero-order valence-electron chi connectivity index (χ0n) is 16.5. The van der Waals surface area contributed by atoms with Crippen molar-refractivity contribution >= 4 is 22.6 Å². The first-order valence-corrected chi connectivity index (χ1v) is 9.75. The lowest BCUT2D eigenvalue weighted by molar-refractivity contribution is -0.133. The van der Waals surface area contributed by atoms with Gasteiger partial charge in [-0.2, -0.15) is 5.26 Å². The summed E-state index contributed by atoms with van der Waals surface area (Å²) in [7, 11) is 0. The first-order chi connectivity index (χ1) is 15.0. The van der Waals surface area contributed by atoms with Crippen LogP contribution in [0.2, 0.25) is 0 Å². The summed E-state index contributed by atoms with van der Waals surface area (Å²) in [5.74, 6) is 0.243. The Balaban J connectivity index is 1.40. The number of phenols is 1. The second-order valence-electron chi connectivity index (χ2n) is 7.23. The van der Waals surface area contributed by atoms with Crippen LogP contribution in [0.4, 0.5) is 5.82 Å². The van der Waals surface area contributed by atoms with Crippen LogP contribution >= 0.6 is 0 Å². The summed E-state index contributed by atoms with van der Waals surface area (Å²) in [6, 6.07) is 9.95. The molecule has 1 unspecified atom stereocenters. The van der Waals surface area contributed by atoms with Gasteiger partial charge >= 0.3 is 0 Å². The number of aliphatic hydroxyl groups excluding tert-OH is 1. The Morgan fingerprint density at radius 2 is 2.00 bits per heavy atom. The third-order valence-corrected chi connectivity index (χ3v) is 5.25. The lowest BCUT2D eigenvalue weighted by Crippen LogP contribution is -2.49. The molecule has 3 N–H and O–H groups in total. The second kappa shape index (κ2) is 8.41. The number of rotatable bonds is 4. The number of aliphatic hydroxyl groups is 1. The van der Waals surface area contributed by atoms with E-state index < -0.39 is 11.7 Å². The number of para-hydroxylation sites is 1. The number of fused-ring (bicyclic) bond motifs is 1. The minimum Gasteiger partial charge on any atom is -0.506 e. The van der Waals surface area contributed by atoms with E-state index >= 15 is 0 Å². The maximum Gasteiger partial charge on any atom is 0.258 e. The third-order valence-electron chi connectivity index (χ3n) is 5.25. The second-order valence-corrected chi connectivity index (χ2v) is 7.23. The fraction of sp³-hybridized carbons (Fsp3) is 0.286. The summed E-state index contributed by atoms with van der Waals surface area (Å²) >= 11 is 0. The van der Waals surface area contributed by atoms with Crippen molar-refractivity contribution in [3.05, 3.63) is 58.3 Å². The molecule has 0 spiro atoms. The van der Waals surface area contributed by atoms with Crippen molar-refractivity contribution < 1.29 is 15.0 Å². The molecule has 0 radical (unpaired) electrons. The van der Waals surface area contributed by atoms with Crippen LogP contribution in [0.3, 0.4) is 0 Å². The van der Waals surface area contributed by atoms with Crippen LogP contribution in [0, 0.1) is 11.3 Å². The zero-order chi connectivity index (χ0) is 22.0. The number of hydrogen-bond donors (Lipinski definition) is 3. The summed E-state index contributed by atoms with van der Waals surface area (Å²) in [4.78, 5) is 39.4. The molecule has 4 rings (SSSR count). The first kappa shape index (κ1) is 20.3. The Morgan fingerprint density at radius 3 is 2.68 bits per heavy atom. The number of aromatic hydroxyl groups is 1. The Hall–Kier alpha value is -3.97. The highest BCUT2D eigenvalue weighted by Crippen LogP contribution is 2.22. The normalized spacial score (nSPS) is 15.0. The van der Waals surface area contributed by atoms with E-state index in [2.05, 4.69) is 15.0 Å². The molecule has 10 heteroatoms. The lowest BCUT2D eigenvalue weighted by atomic mass is 10.1. The molecule has 1 aromatic carbocycles. The summed E-state index contributed by atoms with van der Waals surface area (Å²) in [6.07, 6.45) is -0.0300. The first-order valence-electron chi connectivity index (χ1n) is 9.75. The predicted octanol–water partition coefficient (Wildman–Crippen LogP) is 0.668. The number of H-pyrrole nitrogens is 1. The van der Waals surface area contributed by atoms with Gasteiger partial charge in [0.15, 0.2) is 0 Å². The van der Waals surface area contributed by atoms with E-state index in [4.69, 9.17) is 5.26 Å². The molecule has 0 saturated carbocycles. The molecule has 1 fully saturated rings. The Kier molecular flexibility index (Phi) is 5.51. The van der Waals surface area contributed by atoms with E-state index in [9.17, 15) is 19.8 Å². The van der Waals surface area contributed by atoms with Crippen molar-refractivity contribution in [2.75, 3.05) is 31.1 Å². The van der Waals surface area contributed by atoms with Crippen molar-refractivity contribution in [2.45, 2.75) is 12.5 Å². The SMILES string of the molecule is N#Cc1ccc(N2CCN(C(=O)CC(O)c3nc4c(O)cccc4c(=O)[nH]3)CC2)nc1. The minimum atomic E-state index is -1.30. The van der Waals surface area contributed by atoms with Crippen LogP contribution in [0.5, 0.6) is 5.75 Å². The van der Waals surface area contributed by atoms with Gasteiger partial charge in [-0.1, -0.05) is 6.07 Å². The smallest absolute Gasteiger partial charge is 0.258 e. The number of hydrogen-bond acceptors (Lipinski definition) is 8. The average Bonchev–Trinajstić information content (AvgIpc) is 2.79. The van der Waals surface area contributed by atoms with Crippen LogP contribution < -0.4 is 10.5 Å². The number of nitriles is 1. The molecule has 2 aromatic heterocycles. The number of anilines is 1. The number of piperazine rings is 1. The van der Waals surface area contributed by atoms with Crippen LogP contribution in [0.1, 0.15) is 23.9 Å². The fourth-order valence-corrected chi connectivity index (χ4v) is 3.54. The molecule has 10 nitrogen and oxygen atoms in total. The number of aromatic amines is 1. The number of nitrogens with one attached hydrogen (secondary N) is 1. The molecule has 0 aliphatic carbocycles. The Bertz CT molecular complexity index is 1210. The number of aromatic nitrogens is 3. The summed E-state index contributed by atoms with van der Waals surface area (Å²) in [5, 5.41) is 29.5. The number of pyridine rings is 1. The maximum absolute atomic E-state index is 12.7. The molecule has 3 aromatic rings. The predicted molar refractivity (Wildman–Crippen MR) is 111 cm³/mol. The minimum absolute atomic E-state index is 0.0623. The van der Waals surface area contributed by atoms with E-state index in [0.29, 0.717) is 31.7 Å². The molecular formula is C21H20N6O4. The standard InChI is InChI=1S/C21H20N6O4/c22-11-13-4-5-17(23-12-13)26-6-8-27(9-7-26)18(30)10-16(29)20-24-19-14(21(31)25-20)2-1-3-15(19)28/h1-5,12,16,28-29H,6-10H2,(H,24,25,31). The molecule has 1 saturated heterocycles. The van der Waals surface area contributed by atoms with Gasteiger partial charge in [0.1, 0.15) is 35.1 Å². The molecule has 1 amide bonds. The molecule has 0 bridgehead atoms. The number of phenolic OH excluding ortho intramolecular Hbond substituents is 1. The molecular weight excluding hydrogens is 400 g/mol. The van der Waals surface area contributed by atoms with Crippen molar-refractivity contribution in [2.24, 2.45) is 0 Å². The number of benzene rings is 1. The molecule has 31 heavy (non-hydrogen) atoms. The largest absolute Gasteiger partial charge is 0.506 e. The summed E-state index contributed by atoms with van der Waals surface area (Å²) in [5.41, 5.74) is 0.0717. The van der Waals surface area contributed by atoms with Crippen LogP contribution in [-0.2, 0) is 4.79 Å². The summed E-state index contributed by atoms with van der Waals surface area (Å²) in [6.45, 7) is 2.05. The van der Waals surface area contributed by atoms with Gasteiger partial charge in [-0.3, -0.25) is 9.59 Å². The van der Waals surface area contributed by atoms with E-state index in [1.807, 2.05) is 11.0 Å². The van der Waals surface area contributed by atoms with Gasteiger partial charge in [0.25, 0.3) is 5.56 Å².